The highest BCUT2D eigenvalue weighted by atomic mass is 14.9. The summed E-state index contributed by atoms with van der Waals surface area (Å²) < 4.78 is 0. The third-order valence-electron chi connectivity index (χ3n) is 2.92. The third kappa shape index (κ3) is 4.63. The summed E-state index contributed by atoms with van der Waals surface area (Å²) in [6, 6.07) is 0. The van der Waals surface area contributed by atoms with Crippen LogP contribution in [-0.2, 0) is 0 Å². The van der Waals surface area contributed by atoms with Gasteiger partial charge in [-0.25, -0.2) is 0 Å². The van der Waals surface area contributed by atoms with Gasteiger partial charge in [0.1, 0.15) is 0 Å². The molecular weight excluding hydrogens is 160 g/mol. The molecule has 0 heterocycles. The molecular formula is C11H24N2. The number of hydrogen-bond donors (Lipinski definition) is 2. The van der Waals surface area contributed by atoms with Crippen LogP contribution in [0.4, 0.5) is 0 Å². The standard InChI is InChI=1S/C11H24N2/c1-4-12-6-9(2)7-13-8-11-5-10(11)3/h9-13H,4-8H2,1-3H3. The second-order valence-corrected chi connectivity index (χ2v) is 4.54. The topological polar surface area (TPSA) is 24.1 Å². The normalized spacial score (nSPS) is 28.8. The van der Waals surface area contributed by atoms with Crippen LogP contribution >= 0.6 is 0 Å². The summed E-state index contributed by atoms with van der Waals surface area (Å²) in [5.41, 5.74) is 0. The fourth-order valence-electron chi connectivity index (χ4n) is 1.66. The minimum absolute atomic E-state index is 0.758. The van der Waals surface area contributed by atoms with Crippen LogP contribution in [0.5, 0.6) is 0 Å². The molecule has 0 amide bonds. The van der Waals surface area contributed by atoms with E-state index in [9.17, 15) is 0 Å². The van der Waals surface area contributed by atoms with Gasteiger partial charge in [0.05, 0.1) is 0 Å². The minimum Gasteiger partial charge on any atom is -0.317 e. The van der Waals surface area contributed by atoms with Crippen molar-refractivity contribution in [2.24, 2.45) is 17.8 Å². The predicted molar refractivity (Wildman–Crippen MR) is 57.8 cm³/mol. The van der Waals surface area contributed by atoms with Crippen LogP contribution in [0.15, 0.2) is 0 Å². The molecule has 2 N–H and O–H groups in total. The van der Waals surface area contributed by atoms with Gasteiger partial charge < -0.3 is 10.6 Å². The van der Waals surface area contributed by atoms with Crippen LogP contribution in [0.3, 0.4) is 0 Å². The van der Waals surface area contributed by atoms with Crippen LogP contribution in [0.2, 0.25) is 0 Å². The Labute approximate surface area is 82.5 Å². The van der Waals surface area contributed by atoms with Gasteiger partial charge in [0.15, 0.2) is 0 Å². The molecule has 2 heteroatoms. The molecule has 0 aromatic carbocycles. The third-order valence-corrected chi connectivity index (χ3v) is 2.92. The summed E-state index contributed by atoms with van der Waals surface area (Å²) in [6.45, 7) is 11.4. The highest BCUT2D eigenvalue weighted by Gasteiger charge is 2.31. The fourth-order valence-corrected chi connectivity index (χ4v) is 1.66. The first-order valence-corrected chi connectivity index (χ1v) is 5.65. The second kappa shape index (κ2) is 5.61. The fraction of sp³-hybridized carbons (Fsp3) is 1.00. The lowest BCUT2D eigenvalue weighted by atomic mass is 10.2. The molecule has 0 spiro atoms. The number of rotatable bonds is 7. The highest BCUT2D eigenvalue weighted by Crippen LogP contribution is 2.36. The molecule has 1 rings (SSSR count). The molecule has 1 saturated carbocycles. The van der Waals surface area contributed by atoms with E-state index >= 15 is 0 Å². The van der Waals surface area contributed by atoms with Crippen molar-refractivity contribution in [2.45, 2.75) is 27.2 Å². The average Bonchev–Trinajstić information content (AvgIpc) is 2.79. The molecule has 0 saturated heterocycles. The molecule has 78 valence electrons. The maximum atomic E-state index is 3.55. The summed E-state index contributed by atoms with van der Waals surface area (Å²) in [4.78, 5) is 0. The van der Waals surface area contributed by atoms with Gasteiger partial charge in [-0.05, 0) is 50.4 Å². The van der Waals surface area contributed by atoms with E-state index in [4.69, 9.17) is 0 Å². The predicted octanol–water partition coefficient (Wildman–Crippen LogP) is 1.48. The van der Waals surface area contributed by atoms with Gasteiger partial charge in [-0.1, -0.05) is 20.8 Å². The summed E-state index contributed by atoms with van der Waals surface area (Å²) in [5, 5.41) is 6.92. The molecule has 13 heavy (non-hydrogen) atoms. The molecule has 0 bridgehead atoms. The van der Waals surface area contributed by atoms with E-state index in [1.165, 1.54) is 13.0 Å². The van der Waals surface area contributed by atoms with E-state index in [-0.39, 0.29) is 0 Å². The van der Waals surface area contributed by atoms with Crippen LogP contribution in [0.1, 0.15) is 27.2 Å². The summed E-state index contributed by atoms with van der Waals surface area (Å²) in [5.74, 6) is 2.72. The zero-order valence-corrected chi connectivity index (χ0v) is 9.27. The van der Waals surface area contributed by atoms with Crippen molar-refractivity contribution in [3.05, 3.63) is 0 Å². The molecule has 2 nitrogen and oxygen atoms in total. The van der Waals surface area contributed by atoms with E-state index in [1.54, 1.807) is 0 Å². The largest absolute Gasteiger partial charge is 0.317 e. The van der Waals surface area contributed by atoms with Crippen molar-refractivity contribution in [3.63, 3.8) is 0 Å². The lowest BCUT2D eigenvalue weighted by Crippen LogP contribution is -2.30. The highest BCUT2D eigenvalue weighted by molar-refractivity contribution is 4.84. The molecule has 0 aromatic heterocycles. The Morgan fingerprint density at radius 3 is 2.46 bits per heavy atom. The van der Waals surface area contributed by atoms with Crippen LogP contribution in [0.25, 0.3) is 0 Å². The summed E-state index contributed by atoms with van der Waals surface area (Å²) >= 11 is 0. The van der Waals surface area contributed by atoms with E-state index in [1.807, 2.05) is 0 Å². The Kier molecular flexibility index (Phi) is 4.74. The SMILES string of the molecule is CCNCC(C)CNCC1CC1C. The van der Waals surface area contributed by atoms with E-state index in [2.05, 4.69) is 31.4 Å². The van der Waals surface area contributed by atoms with Crippen molar-refractivity contribution >= 4 is 0 Å². The van der Waals surface area contributed by atoms with Gasteiger partial charge in [-0.15, -0.1) is 0 Å². The van der Waals surface area contributed by atoms with E-state index < -0.39 is 0 Å². The molecule has 0 radical (unpaired) electrons. The zero-order valence-electron chi connectivity index (χ0n) is 9.27. The van der Waals surface area contributed by atoms with Gasteiger partial charge in [0.25, 0.3) is 0 Å². The number of nitrogens with one attached hydrogen (secondary N) is 2. The maximum Gasteiger partial charge on any atom is -0.00109 e. The molecule has 1 aliphatic rings. The zero-order chi connectivity index (χ0) is 9.68. The molecule has 0 aromatic rings. The van der Waals surface area contributed by atoms with Gasteiger partial charge in [-0.3, -0.25) is 0 Å². The smallest absolute Gasteiger partial charge is 0.00109 e. The first-order chi connectivity index (χ1) is 6.24. The van der Waals surface area contributed by atoms with Crippen LogP contribution in [-0.4, -0.2) is 26.2 Å². The van der Waals surface area contributed by atoms with E-state index in [0.29, 0.717) is 0 Å². The van der Waals surface area contributed by atoms with Gasteiger partial charge >= 0.3 is 0 Å². The van der Waals surface area contributed by atoms with Crippen molar-refractivity contribution < 1.29 is 0 Å². The Bertz CT molecular complexity index is 136. The lowest BCUT2D eigenvalue weighted by Gasteiger charge is -2.12. The Hall–Kier alpha value is -0.0800. The maximum absolute atomic E-state index is 3.55. The average molecular weight is 184 g/mol. The van der Waals surface area contributed by atoms with Crippen LogP contribution in [0, 0.1) is 17.8 Å². The molecule has 1 aliphatic carbocycles. The van der Waals surface area contributed by atoms with Crippen molar-refractivity contribution in [1.82, 2.24) is 10.6 Å². The van der Waals surface area contributed by atoms with Gasteiger partial charge in [0.2, 0.25) is 0 Å². The van der Waals surface area contributed by atoms with E-state index in [0.717, 1.165) is 37.4 Å². The molecule has 1 fully saturated rings. The number of hydrogen-bond acceptors (Lipinski definition) is 2. The second-order valence-electron chi connectivity index (χ2n) is 4.54. The van der Waals surface area contributed by atoms with Gasteiger partial charge in [-0.2, -0.15) is 0 Å². The summed E-state index contributed by atoms with van der Waals surface area (Å²) in [7, 11) is 0. The van der Waals surface area contributed by atoms with Crippen molar-refractivity contribution in [1.29, 1.82) is 0 Å². The Morgan fingerprint density at radius 1 is 1.31 bits per heavy atom. The van der Waals surface area contributed by atoms with Gasteiger partial charge in [0, 0.05) is 0 Å². The molecule has 3 unspecified atom stereocenters. The Morgan fingerprint density at radius 2 is 1.92 bits per heavy atom. The van der Waals surface area contributed by atoms with Crippen molar-refractivity contribution in [3.8, 4) is 0 Å². The first kappa shape index (κ1) is 11.0. The lowest BCUT2D eigenvalue weighted by molar-refractivity contribution is 0.469. The Balaban J connectivity index is 1.86. The minimum atomic E-state index is 0.758. The van der Waals surface area contributed by atoms with Crippen molar-refractivity contribution in [2.75, 3.05) is 26.2 Å². The summed E-state index contributed by atoms with van der Waals surface area (Å²) in [6.07, 6.45) is 1.44. The molecule has 3 atom stereocenters. The molecule has 0 aliphatic heterocycles. The quantitative estimate of drug-likeness (QED) is 0.626. The van der Waals surface area contributed by atoms with Crippen LogP contribution < -0.4 is 10.6 Å². The monoisotopic (exact) mass is 184 g/mol. The first-order valence-electron chi connectivity index (χ1n) is 5.65.